The molecule has 0 radical (unpaired) electrons. The fraction of sp³-hybridized carbons (Fsp3) is 0.600. The summed E-state index contributed by atoms with van der Waals surface area (Å²) < 4.78 is 0. The summed E-state index contributed by atoms with van der Waals surface area (Å²) >= 11 is 0. The van der Waals surface area contributed by atoms with Crippen LogP contribution in [0, 0.1) is 5.92 Å². The van der Waals surface area contributed by atoms with Gasteiger partial charge in [0.25, 0.3) is 0 Å². The van der Waals surface area contributed by atoms with Crippen molar-refractivity contribution in [2.24, 2.45) is 5.92 Å². The van der Waals surface area contributed by atoms with Gasteiger partial charge in [0, 0.05) is 12.2 Å². The first-order valence-corrected chi connectivity index (χ1v) is 6.31. The molecule has 1 rings (SSSR count). The lowest BCUT2D eigenvalue weighted by atomic mass is 10.1. The zero-order chi connectivity index (χ0) is 12.0. The van der Waals surface area contributed by atoms with Gasteiger partial charge in [0.2, 0.25) is 0 Å². The fourth-order valence-electron chi connectivity index (χ4n) is 1.62. The zero-order valence-electron chi connectivity index (χ0n) is 11.0. The first-order valence-electron chi connectivity index (χ1n) is 6.31. The van der Waals surface area contributed by atoms with Gasteiger partial charge in [-0.2, -0.15) is 0 Å². The molecule has 0 spiro atoms. The average molecular weight is 219 g/mol. The maximum absolute atomic E-state index is 4.05. The maximum Gasteiger partial charge on any atom is 0.0330 e. The second kappa shape index (κ2) is 6.57. The van der Waals surface area contributed by atoms with E-state index in [-0.39, 0.29) is 0 Å². The second-order valence-corrected chi connectivity index (χ2v) is 5.05. The molecular formula is C15H25N. The second-order valence-electron chi connectivity index (χ2n) is 5.05. The van der Waals surface area contributed by atoms with Crippen LogP contribution in [0.25, 0.3) is 0 Å². The molecule has 1 nitrogen and oxygen atoms in total. The van der Waals surface area contributed by atoms with Crippen molar-refractivity contribution < 1.29 is 0 Å². The van der Waals surface area contributed by atoms with Gasteiger partial charge in [-0.05, 0) is 52.4 Å². The van der Waals surface area contributed by atoms with E-state index in [0.29, 0.717) is 0 Å². The molecule has 1 heteroatoms. The van der Waals surface area contributed by atoms with Crippen molar-refractivity contribution in [2.45, 2.75) is 46.5 Å². The molecule has 0 atom stereocenters. The van der Waals surface area contributed by atoms with Gasteiger partial charge in [0.1, 0.15) is 0 Å². The van der Waals surface area contributed by atoms with Gasteiger partial charge in [0.15, 0.2) is 0 Å². The third kappa shape index (κ3) is 5.79. The maximum atomic E-state index is 4.05. The van der Waals surface area contributed by atoms with E-state index in [1.54, 1.807) is 0 Å². The normalized spacial score (nSPS) is 15.8. The average Bonchev–Trinajstić information content (AvgIpc) is 2.99. The fourth-order valence-corrected chi connectivity index (χ4v) is 1.62. The zero-order valence-corrected chi connectivity index (χ0v) is 11.0. The van der Waals surface area contributed by atoms with E-state index < -0.39 is 0 Å². The molecule has 0 amide bonds. The Morgan fingerprint density at radius 3 is 2.50 bits per heavy atom. The van der Waals surface area contributed by atoms with Crippen LogP contribution in [0.3, 0.4) is 0 Å². The monoisotopic (exact) mass is 219 g/mol. The minimum Gasteiger partial charge on any atom is -0.385 e. The predicted molar refractivity (Wildman–Crippen MR) is 72.3 cm³/mol. The number of allylic oxidation sites excluding steroid dienone is 4. The van der Waals surface area contributed by atoms with E-state index in [1.807, 2.05) is 0 Å². The molecule has 1 saturated carbocycles. The predicted octanol–water partition coefficient (Wildman–Crippen LogP) is 4.19. The number of hydrogen-bond donors (Lipinski definition) is 1. The Hall–Kier alpha value is -0.980. The summed E-state index contributed by atoms with van der Waals surface area (Å²) in [4.78, 5) is 0. The van der Waals surface area contributed by atoms with Gasteiger partial charge in [-0.1, -0.05) is 29.9 Å². The van der Waals surface area contributed by atoms with Gasteiger partial charge in [-0.15, -0.1) is 0 Å². The lowest BCUT2D eigenvalue weighted by Crippen LogP contribution is -2.13. The van der Waals surface area contributed by atoms with Crippen LogP contribution in [-0.4, -0.2) is 6.54 Å². The third-order valence-electron chi connectivity index (χ3n) is 2.94. The first-order chi connectivity index (χ1) is 7.59. The van der Waals surface area contributed by atoms with Crippen molar-refractivity contribution in [2.75, 3.05) is 6.54 Å². The van der Waals surface area contributed by atoms with Gasteiger partial charge in [0.05, 0.1) is 0 Å². The molecule has 0 saturated heterocycles. The molecule has 1 aliphatic rings. The number of rotatable bonds is 7. The Kier molecular flexibility index (Phi) is 5.37. The summed E-state index contributed by atoms with van der Waals surface area (Å²) in [5.74, 6) is 0.763. The summed E-state index contributed by atoms with van der Waals surface area (Å²) in [7, 11) is 0. The van der Waals surface area contributed by atoms with Crippen molar-refractivity contribution in [1.82, 2.24) is 5.32 Å². The smallest absolute Gasteiger partial charge is 0.0330 e. The quantitative estimate of drug-likeness (QED) is 0.633. The van der Waals surface area contributed by atoms with E-state index >= 15 is 0 Å². The van der Waals surface area contributed by atoms with E-state index in [4.69, 9.17) is 0 Å². The molecule has 0 unspecified atom stereocenters. The topological polar surface area (TPSA) is 12.0 Å². The molecule has 0 heterocycles. The number of nitrogens with one attached hydrogen (secondary N) is 1. The van der Waals surface area contributed by atoms with Crippen molar-refractivity contribution in [3.8, 4) is 0 Å². The van der Waals surface area contributed by atoms with Gasteiger partial charge >= 0.3 is 0 Å². The summed E-state index contributed by atoms with van der Waals surface area (Å²) in [6.07, 6.45) is 9.57. The molecular weight excluding hydrogens is 194 g/mol. The highest BCUT2D eigenvalue weighted by atomic mass is 14.9. The minimum absolute atomic E-state index is 0.763. The molecule has 0 aromatic carbocycles. The Labute approximate surface area is 100 Å². The Morgan fingerprint density at radius 1 is 1.25 bits per heavy atom. The van der Waals surface area contributed by atoms with Crippen LogP contribution in [0.4, 0.5) is 0 Å². The van der Waals surface area contributed by atoms with Crippen molar-refractivity contribution in [3.05, 3.63) is 35.6 Å². The molecule has 0 aromatic rings. The molecule has 1 N–H and O–H groups in total. The Bertz CT molecular complexity index is 289. The van der Waals surface area contributed by atoms with Crippen LogP contribution >= 0.6 is 0 Å². The Morgan fingerprint density at radius 2 is 1.94 bits per heavy atom. The van der Waals surface area contributed by atoms with Crippen molar-refractivity contribution in [1.29, 1.82) is 0 Å². The van der Waals surface area contributed by atoms with E-state index in [0.717, 1.165) is 18.9 Å². The summed E-state index contributed by atoms with van der Waals surface area (Å²) in [6.45, 7) is 11.5. The van der Waals surface area contributed by atoms with Crippen LogP contribution in [0.2, 0.25) is 0 Å². The van der Waals surface area contributed by atoms with E-state index in [9.17, 15) is 0 Å². The largest absolute Gasteiger partial charge is 0.385 e. The highest BCUT2D eigenvalue weighted by molar-refractivity contribution is 5.08. The minimum atomic E-state index is 0.763. The van der Waals surface area contributed by atoms with Crippen LogP contribution < -0.4 is 5.32 Å². The molecule has 1 aliphatic carbocycles. The van der Waals surface area contributed by atoms with Gasteiger partial charge in [-0.25, -0.2) is 0 Å². The number of hydrogen-bond acceptors (Lipinski definition) is 1. The summed E-state index contributed by atoms with van der Waals surface area (Å²) in [6, 6.07) is 0. The molecule has 0 aliphatic heterocycles. The SMILES string of the molecule is C=C(NC/C=C(\C)CCC=C(C)C)C1CC1. The summed E-state index contributed by atoms with van der Waals surface area (Å²) in [5.41, 5.74) is 4.11. The van der Waals surface area contributed by atoms with Crippen LogP contribution in [0.15, 0.2) is 35.6 Å². The Balaban J connectivity index is 2.12. The highest BCUT2D eigenvalue weighted by Crippen LogP contribution is 2.33. The lowest BCUT2D eigenvalue weighted by Gasteiger charge is -2.06. The van der Waals surface area contributed by atoms with Crippen molar-refractivity contribution in [3.63, 3.8) is 0 Å². The standard InChI is InChI=1S/C15H25N/c1-12(2)6-5-7-13(3)10-11-16-14(4)15-8-9-15/h6,10,15-16H,4-5,7-9,11H2,1-3H3/b13-10+. The molecule has 0 aromatic heterocycles. The highest BCUT2D eigenvalue weighted by Gasteiger charge is 2.23. The van der Waals surface area contributed by atoms with Crippen LogP contribution in [0.5, 0.6) is 0 Å². The molecule has 90 valence electrons. The van der Waals surface area contributed by atoms with Gasteiger partial charge < -0.3 is 5.32 Å². The molecule has 0 bridgehead atoms. The van der Waals surface area contributed by atoms with Gasteiger partial charge in [-0.3, -0.25) is 0 Å². The van der Waals surface area contributed by atoms with Crippen molar-refractivity contribution >= 4 is 0 Å². The van der Waals surface area contributed by atoms with Crippen LogP contribution in [0.1, 0.15) is 46.5 Å². The van der Waals surface area contributed by atoms with E-state index in [2.05, 4.69) is 44.8 Å². The molecule has 16 heavy (non-hydrogen) atoms. The van der Waals surface area contributed by atoms with Crippen LogP contribution in [-0.2, 0) is 0 Å². The lowest BCUT2D eigenvalue weighted by molar-refractivity contribution is 0.801. The third-order valence-corrected chi connectivity index (χ3v) is 2.94. The molecule has 1 fully saturated rings. The first kappa shape index (κ1) is 13.1. The summed E-state index contributed by atoms with van der Waals surface area (Å²) in [5, 5.41) is 3.39. The van der Waals surface area contributed by atoms with E-state index in [1.165, 1.54) is 36.1 Å².